The van der Waals surface area contributed by atoms with E-state index in [4.69, 9.17) is 32.7 Å². The molecule has 3 aromatic heterocycles. The quantitative estimate of drug-likeness (QED) is 0.230. The van der Waals surface area contributed by atoms with E-state index in [1.165, 1.54) is 6.20 Å². The molecule has 2 N–H and O–H groups in total. The predicted octanol–water partition coefficient (Wildman–Crippen LogP) is 4.26. The maximum atomic E-state index is 13.3. The van der Waals surface area contributed by atoms with Gasteiger partial charge in [-0.05, 0) is 49.2 Å². The van der Waals surface area contributed by atoms with Gasteiger partial charge >= 0.3 is 5.97 Å². The monoisotopic (exact) mass is 638 g/mol. The third-order valence-electron chi connectivity index (χ3n) is 8.08. The molecule has 0 unspecified atom stereocenters. The molecule has 11 nitrogen and oxygen atoms in total. The minimum atomic E-state index is -1.31. The van der Waals surface area contributed by atoms with Gasteiger partial charge in [0.1, 0.15) is 23.0 Å². The largest absolute Gasteiger partial charge is 0.477 e. The first-order valence-electron chi connectivity index (χ1n) is 14.4. The highest BCUT2D eigenvalue weighted by molar-refractivity contribution is 6.34. The van der Waals surface area contributed by atoms with Gasteiger partial charge in [0.05, 0.1) is 40.8 Å². The predicted molar refractivity (Wildman–Crippen MR) is 170 cm³/mol. The Labute approximate surface area is 263 Å². The number of anilines is 2. The summed E-state index contributed by atoms with van der Waals surface area (Å²) < 4.78 is 12.7. The molecule has 2 aliphatic rings. The molecule has 1 atom stereocenters. The number of carboxylic acids is 1. The number of halogens is 2. The van der Waals surface area contributed by atoms with Crippen LogP contribution in [-0.2, 0) is 4.74 Å². The molecule has 6 rings (SSSR count). The highest BCUT2D eigenvalue weighted by atomic mass is 35.5. The first-order chi connectivity index (χ1) is 21.3. The summed E-state index contributed by atoms with van der Waals surface area (Å²) >= 11 is 13.0. The molecule has 13 heteroatoms. The van der Waals surface area contributed by atoms with Crippen LogP contribution < -0.4 is 25.3 Å². The van der Waals surface area contributed by atoms with Gasteiger partial charge in [-0.2, -0.15) is 0 Å². The summed E-state index contributed by atoms with van der Waals surface area (Å²) in [6, 6.07) is 11.0. The molecule has 0 bridgehead atoms. The van der Waals surface area contributed by atoms with Crippen molar-refractivity contribution in [3.05, 3.63) is 80.8 Å². The number of hydrogen-bond acceptors (Lipinski definition) is 9. The van der Waals surface area contributed by atoms with Crippen LogP contribution in [-0.4, -0.2) is 84.2 Å². The number of carboxylic acid groups (broad SMARTS) is 1. The second kappa shape index (κ2) is 13.0. The van der Waals surface area contributed by atoms with Crippen molar-refractivity contribution in [2.45, 2.75) is 24.9 Å². The van der Waals surface area contributed by atoms with Crippen LogP contribution in [0.3, 0.4) is 0 Å². The molecular formula is C31H32Cl2N6O5. The Balaban J connectivity index is 1.31. The molecule has 2 saturated heterocycles. The molecular weight excluding hydrogens is 607 g/mol. The van der Waals surface area contributed by atoms with Crippen molar-refractivity contribution in [1.29, 1.82) is 0 Å². The number of benzene rings is 1. The van der Waals surface area contributed by atoms with E-state index in [1.54, 1.807) is 42.3 Å². The van der Waals surface area contributed by atoms with Crippen molar-refractivity contribution in [2.24, 2.45) is 0 Å². The Kier molecular flexibility index (Phi) is 8.90. The first kappa shape index (κ1) is 30.1. The Morgan fingerprint density at radius 3 is 2.73 bits per heavy atom. The number of hydrogen-bond donors (Lipinski definition) is 2. The Hall–Kier alpha value is -3.90. The number of aromatic nitrogens is 3. The lowest BCUT2D eigenvalue weighted by molar-refractivity contribution is 0.0695. The molecule has 0 saturated carbocycles. The second-order valence-corrected chi connectivity index (χ2v) is 11.7. The van der Waals surface area contributed by atoms with Gasteiger partial charge in [0, 0.05) is 57.1 Å². The van der Waals surface area contributed by atoms with Gasteiger partial charge in [-0.3, -0.25) is 4.79 Å². The van der Waals surface area contributed by atoms with Crippen molar-refractivity contribution in [3.63, 3.8) is 0 Å². The van der Waals surface area contributed by atoms with Crippen molar-refractivity contribution in [1.82, 2.24) is 19.9 Å². The van der Waals surface area contributed by atoms with Crippen molar-refractivity contribution in [3.8, 4) is 11.6 Å². The number of pyridine rings is 3. The van der Waals surface area contributed by atoms with Gasteiger partial charge in [-0.25, -0.2) is 14.8 Å². The third kappa shape index (κ3) is 6.05. The van der Waals surface area contributed by atoms with Crippen LogP contribution in [0.2, 0.25) is 10.0 Å². The molecule has 230 valence electrons. The van der Waals surface area contributed by atoms with Crippen molar-refractivity contribution >= 4 is 51.6 Å². The summed E-state index contributed by atoms with van der Waals surface area (Å²) in [5.41, 5.74) is 0.930. The normalized spacial score (nSPS) is 16.8. The molecule has 44 heavy (non-hydrogen) atoms. The smallest absolute Gasteiger partial charge is 0.341 e. The summed E-state index contributed by atoms with van der Waals surface area (Å²) in [5.74, 6) is -0.125. The number of nitrogens with one attached hydrogen (secondary N) is 1. The van der Waals surface area contributed by atoms with Gasteiger partial charge < -0.3 is 34.3 Å². The van der Waals surface area contributed by atoms with Gasteiger partial charge in [0.15, 0.2) is 0 Å². The number of rotatable bonds is 11. The minimum absolute atomic E-state index is 0.00761. The summed E-state index contributed by atoms with van der Waals surface area (Å²) in [6.07, 6.45) is 6.46. The Bertz CT molecular complexity index is 1730. The first-order valence-corrected chi connectivity index (χ1v) is 15.2. The van der Waals surface area contributed by atoms with Crippen LogP contribution in [0.25, 0.3) is 16.6 Å². The van der Waals surface area contributed by atoms with E-state index in [0.29, 0.717) is 46.4 Å². The lowest BCUT2D eigenvalue weighted by atomic mass is 10.1. The van der Waals surface area contributed by atoms with Gasteiger partial charge in [0.2, 0.25) is 11.3 Å². The number of fused-ring (bicyclic) bond motifs is 1. The van der Waals surface area contributed by atoms with E-state index in [0.717, 1.165) is 50.5 Å². The number of ether oxygens (including phenoxy) is 2. The fraction of sp³-hybridized carbons (Fsp3) is 0.355. The summed E-state index contributed by atoms with van der Waals surface area (Å²) in [6.45, 7) is 4.20. The van der Waals surface area contributed by atoms with E-state index >= 15 is 0 Å². The SMILES string of the molecule is COCCNC1CN(c2ccc(-n3cc(C(=O)O)c(=O)c4cc(Cl)c(N5CCC[C@@H]5COc5ncccc5Cl)cc43)cn2)C1. The standard InChI is InChI=1S/C31H32Cl2N6O5/c1-43-11-9-34-19-15-37(16-19)28-7-6-20(14-36-28)39-17-23(31(41)42)29(40)22-12-25(33)27(13-26(22)39)38-10-3-4-21(38)18-44-30-24(32)5-2-8-35-30/h2,5-8,12-14,17,19,21,34H,3-4,9-11,15-16,18H2,1H3,(H,41,42)/t21-/m1/s1. The summed E-state index contributed by atoms with van der Waals surface area (Å²) in [7, 11) is 1.68. The van der Waals surface area contributed by atoms with E-state index in [2.05, 4.69) is 25.1 Å². The van der Waals surface area contributed by atoms with Crippen LogP contribution >= 0.6 is 23.2 Å². The van der Waals surface area contributed by atoms with Crippen LogP contribution in [0.1, 0.15) is 23.2 Å². The lowest BCUT2D eigenvalue weighted by Crippen LogP contribution is -2.58. The van der Waals surface area contributed by atoms with Crippen molar-refractivity contribution in [2.75, 3.05) is 56.3 Å². The molecule has 0 radical (unpaired) electrons. The van der Waals surface area contributed by atoms with Crippen LogP contribution in [0, 0.1) is 0 Å². The highest BCUT2D eigenvalue weighted by Crippen LogP contribution is 2.36. The van der Waals surface area contributed by atoms with Crippen molar-refractivity contribution < 1.29 is 19.4 Å². The maximum absolute atomic E-state index is 13.3. The molecule has 0 amide bonds. The second-order valence-electron chi connectivity index (χ2n) is 10.9. The number of carbonyl (C=O) groups is 1. The fourth-order valence-electron chi connectivity index (χ4n) is 5.77. The Morgan fingerprint density at radius 2 is 2.00 bits per heavy atom. The topological polar surface area (TPSA) is 122 Å². The number of aromatic carboxylic acids is 1. The highest BCUT2D eigenvalue weighted by Gasteiger charge is 2.29. The van der Waals surface area contributed by atoms with E-state index in [1.807, 2.05) is 18.2 Å². The third-order valence-corrected chi connectivity index (χ3v) is 8.67. The molecule has 0 aliphatic carbocycles. The van der Waals surface area contributed by atoms with Gasteiger partial charge in [0.25, 0.3) is 0 Å². The minimum Gasteiger partial charge on any atom is -0.477 e. The zero-order valence-corrected chi connectivity index (χ0v) is 25.6. The molecule has 2 aliphatic heterocycles. The zero-order chi connectivity index (χ0) is 30.8. The molecule has 0 spiro atoms. The van der Waals surface area contributed by atoms with E-state index in [-0.39, 0.29) is 17.0 Å². The molecule has 2 fully saturated rings. The lowest BCUT2D eigenvalue weighted by Gasteiger charge is -2.40. The summed E-state index contributed by atoms with van der Waals surface area (Å²) in [5, 5.41) is 14.3. The molecule has 1 aromatic carbocycles. The molecule has 5 heterocycles. The maximum Gasteiger partial charge on any atom is 0.341 e. The zero-order valence-electron chi connectivity index (χ0n) is 24.1. The fourth-order valence-corrected chi connectivity index (χ4v) is 6.22. The average Bonchev–Trinajstić information content (AvgIpc) is 3.46. The summed E-state index contributed by atoms with van der Waals surface area (Å²) in [4.78, 5) is 38.5. The van der Waals surface area contributed by atoms with E-state index < -0.39 is 11.4 Å². The van der Waals surface area contributed by atoms with Crippen LogP contribution in [0.5, 0.6) is 5.88 Å². The number of methoxy groups -OCH3 is 1. The van der Waals surface area contributed by atoms with Crippen LogP contribution in [0.15, 0.2) is 59.8 Å². The van der Waals surface area contributed by atoms with Gasteiger partial charge in [-0.15, -0.1) is 0 Å². The van der Waals surface area contributed by atoms with Crippen LogP contribution in [0.4, 0.5) is 11.5 Å². The molecule has 4 aromatic rings. The Morgan fingerprint density at radius 1 is 1.16 bits per heavy atom. The van der Waals surface area contributed by atoms with Gasteiger partial charge in [-0.1, -0.05) is 23.2 Å². The van der Waals surface area contributed by atoms with E-state index in [9.17, 15) is 14.7 Å². The average molecular weight is 640 g/mol. The number of nitrogens with zero attached hydrogens (tertiary/aromatic N) is 5.